The van der Waals surface area contributed by atoms with Gasteiger partial charge in [-0.25, -0.2) is 0 Å². The van der Waals surface area contributed by atoms with Gasteiger partial charge in [-0.15, -0.1) is 0 Å². The Hall–Kier alpha value is -1.55. The number of carbonyl (C=O) groups excluding carboxylic acids is 1. The molecule has 0 bridgehead atoms. The summed E-state index contributed by atoms with van der Waals surface area (Å²) in [6.07, 6.45) is 0. The normalized spacial score (nSPS) is 12.1. The highest BCUT2D eigenvalue weighted by atomic mass is 35.5. The number of halogens is 1. The van der Waals surface area contributed by atoms with Gasteiger partial charge in [0.1, 0.15) is 0 Å². The molecule has 5 heteroatoms. The number of carbonyl (C=O) groups is 2. The third kappa shape index (κ3) is 3.12. The quantitative estimate of drug-likeness (QED) is 0.896. The van der Waals surface area contributed by atoms with Gasteiger partial charge >= 0.3 is 5.97 Å². The van der Waals surface area contributed by atoms with E-state index in [0.29, 0.717) is 10.6 Å². The molecule has 4 nitrogen and oxygen atoms in total. The minimum Gasteiger partial charge on any atom is -0.481 e. The van der Waals surface area contributed by atoms with Crippen LogP contribution < -0.4 is 5.32 Å². The molecule has 0 fully saturated rings. The highest BCUT2D eigenvalue weighted by Crippen LogP contribution is 2.31. The van der Waals surface area contributed by atoms with Crippen molar-refractivity contribution in [3.63, 3.8) is 0 Å². The first kappa shape index (κ1) is 16.5. The molecule has 0 spiro atoms. The molecule has 0 aliphatic heterocycles. The van der Waals surface area contributed by atoms with E-state index in [0.717, 1.165) is 5.56 Å². The van der Waals surface area contributed by atoms with Gasteiger partial charge < -0.3 is 10.4 Å². The van der Waals surface area contributed by atoms with Gasteiger partial charge in [0.2, 0.25) is 0 Å². The number of rotatable bonds is 4. The Bertz CT molecular complexity index is 550. The second-order valence-electron chi connectivity index (χ2n) is 5.99. The average molecular weight is 298 g/mol. The summed E-state index contributed by atoms with van der Waals surface area (Å²) >= 11 is 6.05. The van der Waals surface area contributed by atoms with E-state index in [2.05, 4.69) is 5.32 Å². The van der Waals surface area contributed by atoms with Crippen LogP contribution in [0.5, 0.6) is 0 Å². The van der Waals surface area contributed by atoms with Crippen molar-refractivity contribution in [3.05, 3.63) is 34.3 Å². The van der Waals surface area contributed by atoms with Crippen molar-refractivity contribution < 1.29 is 14.7 Å². The van der Waals surface area contributed by atoms with Gasteiger partial charge in [0.25, 0.3) is 5.91 Å². The highest BCUT2D eigenvalue weighted by molar-refractivity contribution is 6.33. The molecule has 110 valence electrons. The Morgan fingerprint density at radius 2 is 1.75 bits per heavy atom. The first-order valence-corrected chi connectivity index (χ1v) is 6.69. The minimum atomic E-state index is -1.11. The van der Waals surface area contributed by atoms with Crippen LogP contribution in [0.4, 0.5) is 0 Å². The number of amides is 1. The zero-order chi connectivity index (χ0) is 15.7. The molecule has 2 N–H and O–H groups in total. The molecular weight excluding hydrogens is 278 g/mol. The number of aliphatic carboxylic acids is 1. The zero-order valence-corrected chi connectivity index (χ0v) is 13.1. The van der Waals surface area contributed by atoms with Crippen LogP contribution in [0, 0.1) is 12.3 Å². The fourth-order valence-electron chi connectivity index (χ4n) is 1.58. The van der Waals surface area contributed by atoms with Crippen LogP contribution in [0.25, 0.3) is 0 Å². The zero-order valence-electron chi connectivity index (χ0n) is 12.4. The summed E-state index contributed by atoms with van der Waals surface area (Å²) in [6, 6.07) is 5.12. The molecule has 0 unspecified atom stereocenters. The molecule has 0 saturated heterocycles. The van der Waals surface area contributed by atoms with Crippen molar-refractivity contribution in [2.24, 2.45) is 5.41 Å². The van der Waals surface area contributed by atoms with E-state index in [1.165, 1.54) is 0 Å². The maximum atomic E-state index is 12.3. The second kappa shape index (κ2) is 5.44. The van der Waals surface area contributed by atoms with Crippen LogP contribution in [0.3, 0.4) is 0 Å². The number of aryl methyl sites for hydroxylation is 1. The van der Waals surface area contributed by atoms with Crippen molar-refractivity contribution in [1.82, 2.24) is 5.32 Å². The lowest BCUT2D eigenvalue weighted by molar-refractivity contribution is -0.150. The number of hydrogen-bond acceptors (Lipinski definition) is 2. The standard InChI is InChI=1S/C15H20ClNO3/c1-9-6-7-10(11(16)8-9)12(18)17-15(4,5)14(2,3)13(19)20/h6-8H,1-5H3,(H,17,18)(H,19,20). The van der Waals surface area contributed by atoms with Crippen LogP contribution in [-0.4, -0.2) is 22.5 Å². The number of benzene rings is 1. The van der Waals surface area contributed by atoms with Gasteiger partial charge in [0, 0.05) is 0 Å². The van der Waals surface area contributed by atoms with E-state index in [1.54, 1.807) is 45.9 Å². The summed E-state index contributed by atoms with van der Waals surface area (Å²) in [5.41, 5.74) is -0.743. The van der Waals surface area contributed by atoms with Crippen LogP contribution >= 0.6 is 11.6 Å². The third-order valence-electron chi connectivity index (χ3n) is 3.89. The van der Waals surface area contributed by atoms with Gasteiger partial charge in [0.05, 0.1) is 21.5 Å². The molecule has 0 saturated carbocycles. The molecule has 0 radical (unpaired) electrons. The van der Waals surface area contributed by atoms with E-state index < -0.39 is 16.9 Å². The largest absolute Gasteiger partial charge is 0.481 e. The van der Waals surface area contributed by atoms with E-state index in [1.807, 2.05) is 6.92 Å². The lowest BCUT2D eigenvalue weighted by atomic mass is 9.74. The van der Waals surface area contributed by atoms with E-state index in [-0.39, 0.29) is 5.91 Å². The maximum Gasteiger partial charge on any atom is 0.311 e. The number of carboxylic acids is 1. The summed E-state index contributed by atoms with van der Waals surface area (Å²) in [5, 5.41) is 12.4. The lowest BCUT2D eigenvalue weighted by Crippen LogP contribution is -2.57. The van der Waals surface area contributed by atoms with Crippen LogP contribution in [-0.2, 0) is 4.79 Å². The van der Waals surface area contributed by atoms with Gasteiger partial charge in [-0.2, -0.15) is 0 Å². The van der Waals surface area contributed by atoms with Crippen molar-refractivity contribution in [2.45, 2.75) is 40.2 Å². The predicted octanol–water partition coefficient (Wildman–Crippen LogP) is 3.27. The highest BCUT2D eigenvalue weighted by Gasteiger charge is 2.44. The first-order chi connectivity index (χ1) is 8.99. The minimum absolute atomic E-state index is 0.339. The summed E-state index contributed by atoms with van der Waals surface area (Å²) in [5.74, 6) is -1.35. The predicted molar refractivity (Wildman–Crippen MR) is 79.2 cm³/mol. The van der Waals surface area contributed by atoms with E-state index in [9.17, 15) is 14.7 Å². The smallest absolute Gasteiger partial charge is 0.311 e. The van der Waals surface area contributed by atoms with Gasteiger partial charge in [-0.1, -0.05) is 17.7 Å². The molecular formula is C15H20ClNO3. The van der Waals surface area contributed by atoms with Gasteiger partial charge in [-0.3, -0.25) is 9.59 Å². The molecule has 1 aromatic rings. The van der Waals surface area contributed by atoms with Crippen molar-refractivity contribution in [1.29, 1.82) is 0 Å². The Morgan fingerprint density at radius 3 is 2.20 bits per heavy atom. The average Bonchev–Trinajstić information content (AvgIpc) is 2.27. The van der Waals surface area contributed by atoms with Crippen LogP contribution in [0.15, 0.2) is 18.2 Å². The monoisotopic (exact) mass is 297 g/mol. The van der Waals surface area contributed by atoms with E-state index in [4.69, 9.17) is 11.6 Å². The van der Waals surface area contributed by atoms with Crippen molar-refractivity contribution in [3.8, 4) is 0 Å². The number of carboxylic acid groups (broad SMARTS) is 1. The van der Waals surface area contributed by atoms with Crippen LogP contribution in [0.2, 0.25) is 5.02 Å². The molecule has 0 atom stereocenters. The lowest BCUT2D eigenvalue weighted by Gasteiger charge is -2.38. The van der Waals surface area contributed by atoms with Crippen molar-refractivity contribution in [2.75, 3.05) is 0 Å². The molecule has 1 amide bonds. The van der Waals surface area contributed by atoms with Gasteiger partial charge in [0.15, 0.2) is 0 Å². The Labute approximate surface area is 124 Å². The Morgan fingerprint density at radius 1 is 1.20 bits per heavy atom. The number of hydrogen-bond donors (Lipinski definition) is 2. The summed E-state index contributed by atoms with van der Waals surface area (Å²) in [4.78, 5) is 23.6. The Balaban J connectivity index is 3.03. The summed E-state index contributed by atoms with van der Waals surface area (Å²) < 4.78 is 0. The summed E-state index contributed by atoms with van der Waals surface area (Å²) in [6.45, 7) is 8.39. The third-order valence-corrected chi connectivity index (χ3v) is 4.21. The van der Waals surface area contributed by atoms with Gasteiger partial charge in [-0.05, 0) is 52.3 Å². The molecule has 1 rings (SSSR count). The van der Waals surface area contributed by atoms with E-state index >= 15 is 0 Å². The maximum absolute atomic E-state index is 12.3. The molecule has 0 aromatic heterocycles. The topological polar surface area (TPSA) is 66.4 Å². The van der Waals surface area contributed by atoms with Crippen molar-refractivity contribution >= 4 is 23.5 Å². The Kier molecular flexibility index (Phi) is 4.49. The fraction of sp³-hybridized carbons (Fsp3) is 0.467. The number of nitrogens with one attached hydrogen (secondary N) is 1. The molecule has 0 heterocycles. The summed E-state index contributed by atoms with van der Waals surface area (Å²) in [7, 11) is 0. The molecule has 0 aliphatic rings. The fourth-order valence-corrected chi connectivity index (χ4v) is 1.90. The molecule has 1 aromatic carbocycles. The second-order valence-corrected chi connectivity index (χ2v) is 6.40. The SMILES string of the molecule is Cc1ccc(C(=O)NC(C)(C)C(C)(C)C(=O)O)c(Cl)c1. The molecule has 0 aliphatic carbocycles. The van der Waals surface area contributed by atoms with Crippen LogP contribution in [0.1, 0.15) is 43.6 Å². The molecule has 20 heavy (non-hydrogen) atoms. The first-order valence-electron chi connectivity index (χ1n) is 6.31.